The Labute approximate surface area is 161 Å². The number of anilines is 1. The number of aliphatic hydroxyl groups excluding tert-OH is 1. The number of nitrogens with zero attached hydrogens (tertiary/aromatic N) is 2. The van der Waals surface area contributed by atoms with Gasteiger partial charge in [-0.05, 0) is 36.2 Å². The van der Waals surface area contributed by atoms with E-state index in [2.05, 4.69) is 41.0 Å². The van der Waals surface area contributed by atoms with E-state index >= 15 is 0 Å². The standard InChI is InChI=1S/C22H28N2O3/c1-17-5-2-3-6-19(17)24-11-9-23(10-12-24)16-20(25)18-7-8-21-22(15-18)27-14-4-13-26-21/h2-3,5-8,15,20,25H,4,9-14,16H2,1H3/t20-/m1/s1. The first-order valence-corrected chi connectivity index (χ1v) is 9.81. The third-order valence-corrected chi connectivity index (χ3v) is 5.42. The Kier molecular flexibility index (Phi) is 5.50. The lowest BCUT2D eigenvalue weighted by atomic mass is 10.1. The summed E-state index contributed by atoms with van der Waals surface area (Å²) in [5, 5.41) is 10.7. The van der Waals surface area contributed by atoms with Crippen molar-refractivity contribution in [3.63, 3.8) is 0 Å². The quantitative estimate of drug-likeness (QED) is 0.899. The van der Waals surface area contributed by atoms with E-state index in [-0.39, 0.29) is 0 Å². The van der Waals surface area contributed by atoms with Gasteiger partial charge in [0, 0.05) is 44.8 Å². The third kappa shape index (κ3) is 4.20. The molecular formula is C22H28N2O3. The predicted molar refractivity (Wildman–Crippen MR) is 107 cm³/mol. The Morgan fingerprint density at radius 3 is 2.48 bits per heavy atom. The second-order valence-corrected chi connectivity index (χ2v) is 7.35. The highest BCUT2D eigenvalue weighted by Gasteiger charge is 2.22. The van der Waals surface area contributed by atoms with Crippen LogP contribution in [-0.4, -0.2) is 55.9 Å². The summed E-state index contributed by atoms with van der Waals surface area (Å²) in [7, 11) is 0. The molecule has 2 aliphatic rings. The maximum absolute atomic E-state index is 10.7. The molecule has 0 spiro atoms. The molecule has 1 atom stereocenters. The largest absolute Gasteiger partial charge is 0.490 e. The van der Waals surface area contributed by atoms with Gasteiger partial charge in [-0.1, -0.05) is 24.3 Å². The number of rotatable bonds is 4. The van der Waals surface area contributed by atoms with Crippen molar-refractivity contribution >= 4 is 5.69 Å². The van der Waals surface area contributed by atoms with Crippen LogP contribution in [0.5, 0.6) is 11.5 Å². The zero-order valence-corrected chi connectivity index (χ0v) is 15.9. The van der Waals surface area contributed by atoms with Crippen LogP contribution in [0, 0.1) is 6.92 Å². The van der Waals surface area contributed by atoms with Crippen molar-refractivity contribution in [2.24, 2.45) is 0 Å². The van der Waals surface area contributed by atoms with Crippen LogP contribution >= 0.6 is 0 Å². The molecular weight excluding hydrogens is 340 g/mol. The number of para-hydroxylation sites is 1. The Morgan fingerprint density at radius 1 is 0.963 bits per heavy atom. The first-order chi connectivity index (χ1) is 13.2. The molecule has 2 aromatic carbocycles. The minimum absolute atomic E-state index is 0.521. The molecule has 0 aromatic heterocycles. The number of aryl methyl sites for hydroxylation is 1. The van der Waals surface area contributed by atoms with E-state index in [4.69, 9.17) is 9.47 Å². The molecule has 144 valence electrons. The molecule has 0 unspecified atom stereocenters. The predicted octanol–water partition coefficient (Wildman–Crippen LogP) is 3.01. The van der Waals surface area contributed by atoms with Crippen LogP contribution in [0.25, 0.3) is 0 Å². The molecule has 4 rings (SSSR count). The molecule has 2 heterocycles. The summed E-state index contributed by atoms with van der Waals surface area (Å²) in [6, 6.07) is 14.3. The summed E-state index contributed by atoms with van der Waals surface area (Å²) in [6.45, 7) is 8.02. The normalized spacial score (nSPS) is 18.8. The number of benzene rings is 2. The Balaban J connectivity index is 1.35. The summed E-state index contributed by atoms with van der Waals surface area (Å²) in [5.74, 6) is 1.52. The zero-order valence-electron chi connectivity index (χ0n) is 15.9. The number of fused-ring (bicyclic) bond motifs is 1. The summed E-state index contributed by atoms with van der Waals surface area (Å²) >= 11 is 0. The Bertz CT molecular complexity index is 772. The summed E-state index contributed by atoms with van der Waals surface area (Å²) in [5.41, 5.74) is 3.53. The lowest BCUT2D eigenvalue weighted by Gasteiger charge is -2.37. The molecule has 0 bridgehead atoms. The Morgan fingerprint density at radius 2 is 1.70 bits per heavy atom. The van der Waals surface area contributed by atoms with Gasteiger partial charge in [0.2, 0.25) is 0 Å². The number of ether oxygens (including phenoxy) is 2. The van der Waals surface area contributed by atoms with Gasteiger partial charge in [0.15, 0.2) is 11.5 Å². The monoisotopic (exact) mass is 368 g/mol. The van der Waals surface area contributed by atoms with Crippen molar-refractivity contribution < 1.29 is 14.6 Å². The van der Waals surface area contributed by atoms with Gasteiger partial charge in [-0.15, -0.1) is 0 Å². The number of β-amino-alcohol motifs (C(OH)–C–C–N with tert-alkyl or cyclic N) is 1. The fourth-order valence-corrected chi connectivity index (χ4v) is 3.83. The van der Waals surface area contributed by atoms with Gasteiger partial charge in [0.05, 0.1) is 19.3 Å². The van der Waals surface area contributed by atoms with E-state index in [1.807, 2.05) is 18.2 Å². The van der Waals surface area contributed by atoms with Crippen molar-refractivity contribution in [3.05, 3.63) is 53.6 Å². The van der Waals surface area contributed by atoms with Gasteiger partial charge in [0.25, 0.3) is 0 Å². The van der Waals surface area contributed by atoms with Gasteiger partial charge in [0.1, 0.15) is 0 Å². The zero-order chi connectivity index (χ0) is 18.6. The maximum Gasteiger partial charge on any atom is 0.161 e. The molecule has 2 aliphatic heterocycles. The van der Waals surface area contributed by atoms with Gasteiger partial charge in [-0.3, -0.25) is 4.90 Å². The average molecular weight is 368 g/mol. The maximum atomic E-state index is 10.7. The number of hydrogen-bond acceptors (Lipinski definition) is 5. The van der Waals surface area contributed by atoms with E-state index in [0.29, 0.717) is 19.8 Å². The molecule has 2 aromatic rings. The van der Waals surface area contributed by atoms with Crippen LogP contribution in [0.15, 0.2) is 42.5 Å². The smallest absolute Gasteiger partial charge is 0.161 e. The highest BCUT2D eigenvalue weighted by Crippen LogP contribution is 2.32. The SMILES string of the molecule is Cc1ccccc1N1CCN(C[C@@H](O)c2ccc3c(c2)OCCCO3)CC1. The molecule has 0 aliphatic carbocycles. The first kappa shape index (κ1) is 18.1. The van der Waals surface area contributed by atoms with Crippen LogP contribution < -0.4 is 14.4 Å². The van der Waals surface area contributed by atoms with Crippen molar-refractivity contribution in [2.45, 2.75) is 19.4 Å². The third-order valence-electron chi connectivity index (χ3n) is 5.42. The fraction of sp³-hybridized carbons (Fsp3) is 0.455. The molecule has 1 N–H and O–H groups in total. The molecule has 5 heteroatoms. The first-order valence-electron chi connectivity index (χ1n) is 9.81. The molecule has 0 amide bonds. The van der Waals surface area contributed by atoms with Crippen LogP contribution in [0.3, 0.4) is 0 Å². The van der Waals surface area contributed by atoms with Crippen LogP contribution in [-0.2, 0) is 0 Å². The van der Waals surface area contributed by atoms with E-state index < -0.39 is 6.10 Å². The van der Waals surface area contributed by atoms with Crippen molar-refractivity contribution in [1.29, 1.82) is 0 Å². The van der Waals surface area contributed by atoms with E-state index in [1.165, 1.54) is 11.3 Å². The van der Waals surface area contributed by atoms with Crippen LogP contribution in [0.1, 0.15) is 23.7 Å². The highest BCUT2D eigenvalue weighted by molar-refractivity contribution is 5.53. The van der Waals surface area contributed by atoms with E-state index in [0.717, 1.165) is 49.7 Å². The Hall–Kier alpha value is -2.24. The van der Waals surface area contributed by atoms with Gasteiger partial charge >= 0.3 is 0 Å². The molecule has 0 saturated carbocycles. The fourth-order valence-electron chi connectivity index (χ4n) is 3.83. The second kappa shape index (κ2) is 8.19. The highest BCUT2D eigenvalue weighted by atomic mass is 16.5. The minimum atomic E-state index is -0.521. The van der Waals surface area contributed by atoms with Crippen molar-refractivity contribution in [2.75, 3.05) is 50.8 Å². The molecule has 5 nitrogen and oxygen atoms in total. The van der Waals surface area contributed by atoms with Gasteiger partial charge in [-0.2, -0.15) is 0 Å². The molecule has 1 fully saturated rings. The van der Waals surface area contributed by atoms with Crippen LogP contribution in [0.2, 0.25) is 0 Å². The molecule has 1 saturated heterocycles. The number of piperazine rings is 1. The molecule has 0 radical (unpaired) electrons. The van der Waals surface area contributed by atoms with Crippen molar-refractivity contribution in [3.8, 4) is 11.5 Å². The average Bonchev–Trinajstić information content (AvgIpc) is 2.94. The molecule has 27 heavy (non-hydrogen) atoms. The summed E-state index contributed by atoms with van der Waals surface area (Å²) in [4.78, 5) is 4.77. The van der Waals surface area contributed by atoms with E-state index in [1.54, 1.807) is 0 Å². The van der Waals surface area contributed by atoms with Gasteiger partial charge < -0.3 is 19.5 Å². The number of aliphatic hydroxyl groups is 1. The lowest BCUT2D eigenvalue weighted by Crippen LogP contribution is -2.47. The van der Waals surface area contributed by atoms with Gasteiger partial charge in [-0.25, -0.2) is 0 Å². The van der Waals surface area contributed by atoms with Crippen LogP contribution in [0.4, 0.5) is 5.69 Å². The van der Waals surface area contributed by atoms with E-state index in [9.17, 15) is 5.11 Å². The summed E-state index contributed by atoms with van der Waals surface area (Å²) in [6.07, 6.45) is 0.365. The summed E-state index contributed by atoms with van der Waals surface area (Å²) < 4.78 is 11.4. The second-order valence-electron chi connectivity index (χ2n) is 7.35. The number of hydrogen-bond donors (Lipinski definition) is 1. The van der Waals surface area contributed by atoms with Crippen molar-refractivity contribution in [1.82, 2.24) is 4.90 Å². The lowest BCUT2D eigenvalue weighted by molar-refractivity contribution is 0.109. The minimum Gasteiger partial charge on any atom is -0.490 e. The topological polar surface area (TPSA) is 45.2 Å².